The normalized spacial score (nSPS) is 26.0. The molecule has 3 N–H and O–H groups in total. The van der Waals surface area contributed by atoms with Crippen molar-refractivity contribution in [3.63, 3.8) is 0 Å². The maximum atomic E-state index is 13.2. The summed E-state index contributed by atoms with van der Waals surface area (Å²) in [7, 11) is 0. The number of aliphatic hydroxyl groups is 2. The summed E-state index contributed by atoms with van der Waals surface area (Å²) in [6.45, 7) is 35.4. The van der Waals surface area contributed by atoms with Crippen LogP contribution in [0.5, 0.6) is 11.5 Å². The predicted molar refractivity (Wildman–Crippen MR) is 185 cm³/mol. The van der Waals surface area contributed by atoms with Gasteiger partial charge in [-0.3, -0.25) is 10.2 Å². The molecule has 2 heterocycles. The monoisotopic (exact) mass is 622 g/mol. The van der Waals surface area contributed by atoms with Crippen LogP contribution in [0.4, 0.5) is 0 Å². The lowest BCUT2D eigenvalue weighted by atomic mass is 9.57. The lowest BCUT2D eigenvalue weighted by Crippen LogP contribution is -2.78. The minimum absolute atomic E-state index is 0.0846. The van der Waals surface area contributed by atoms with Crippen molar-refractivity contribution in [2.75, 3.05) is 6.61 Å². The summed E-state index contributed by atoms with van der Waals surface area (Å²) in [5.41, 5.74) is -3.29. The number of ether oxygens (including phenoxy) is 2. The number of hydrogen-bond acceptors (Lipinski definition) is 6. The van der Waals surface area contributed by atoms with Gasteiger partial charge in [0, 0.05) is 16.6 Å². The van der Waals surface area contributed by atoms with E-state index in [2.05, 4.69) is 86.4 Å². The van der Waals surface area contributed by atoms with E-state index in [1.54, 1.807) is 0 Å². The fourth-order valence-electron chi connectivity index (χ4n) is 8.65. The number of fused-ring (bicyclic) bond motifs is 1. The number of nitrogens with one attached hydrogen (secondary N) is 1. The molecule has 4 rings (SSSR count). The van der Waals surface area contributed by atoms with Gasteiger partial charge in [0.1, 0.15) is 16.8 Å². The summed E-state index contributed by atoms with van der Waals surface area (Å²) in [5, 5.41) is 27.9. The standard InChI is InChI=1S/C39H62N2O4/c1-31(2)32(3,4)34(7,8)41(33(31,5)6)35(9,10)39(16,40-28(25-42)26-20-18-17-19-21-26)38(15,43)27-22-23-29-30(24-27)45-37(13,14)36(11,12)44-29/h17-24,28,40,42-43H,25H2,1-16H3/t28?,38-,39-/m1/s1. The van der Waals surface area contributed by atoms with Gasteiger partial charge in [0.05, 0.1) is 18.2 Å². The molecule has 1 fully saturated rings. The Morgan fingerprint density at radius 1 is 0.711 bits per heavy atom. The highest BCUT2D eigenvalue weighted by molar-refractivity contribution is 5.48. The van der Waals surface area contributed by atoms with E-state index in [0.29, 0.717) is 17.1 Å². The second-order valence-electron chi connectivity index (χ2n) is 17.6. The Hall–Kier alpha value is -2.12. The van der Waals surface area contributed by atoms with Crippen molar-refractivity contribution in [3.8, 4) is 11.5 Å². The fourth-order valence-corrected chi connectivity index (χ4v) is 8.65. The second kappa shape index (κ2) is 10.4. The van der Waals surface area contributed by atoms with Crippen molar-refractivity contribution in [3.05, 3.63) is 59.7 Å². The van der Waals surface area contributed by atoms with Gasteiger partial charge in [-0.2, -0.15) is 0 Å². The molecule has 1 unspecified atom stereocenters. The molecule has 3 atom stereocenters. The van der Waals surface area contributed by atoms with E-state index in [4.69, 9.17) is 9.47 Å². The van der Waals surface area contributed by atoms with Crippen molar-refractivity contribution in [2.45, 2.75) is 156 Å². The zero-order chi connectivity index (χ0) is 34.4. The van der Waals surface area contributed by atoms with E-state index in [0.717, 1.165) is 5.56 Å². The van der Waals surface area contributed by atoms with Gasteiger partial charge >= 0.3 is 0 Å². The lowest BCUT2D eigenvalue weighted by Gasteiger charge is -2.64. The van der Waals surface area contributed by atoms with Crippen molar-refractivity contribution in [1.82, 2.24) is 10.2 Å². The number of rotatable bonds is 8. The minimum Gasteiger partial charge on any atom is -0.480 e. The molecule has 6 nitrogen and oxygen atoms in total. The Labute approximate surface area is 273 Å². The van der Waals surface area contributed by atoms with Crippen LogP contribution < -0.4 is 14.8 Å². The maximum Gasteiger partial charge on any atom is 0.162 e. The molecule has 0 aliphatic carbocycles. The molecule has 2 aromatic rings. The maximum absolute atomic E-state index is 13.2. The van der Waals surface area contributed by atoms with E-state index in [9.17, 15) is 10.2 Å². The smallest absolute Gasteiger partial charge is 0.162 e. The first kappa shape index (κ1) is 35.7. The first-order valence-electron chi connectivity index (χ1n) is 16.7. The van der Waals surface area contributed by atoms with Gasteiger partial charge in [-0.05, 0) is 117 Å². The van der Waals surface area contributed by atoms with Gasteiger partial charge in [0.15, 0.2) is 11.5 Å². The largest absolute Gasteiger partial charge is 0.480 e. The van der Waals surface area contributed by atoms with Crippen LogP contribution in [0.25, 0.3) is 0 Å². The molecule has 0 aromatic heterocycles. The van der Waals surface area contributed by atoms with Crippen LogP contribution in [0.15, 0.2) is 48.5 Å². The van der Waals surface area contributed by atoms with Crippen molar-refractivity contribution in [2.24, 2.45) is 10.8 Å². The van der Waals surface area contributed by atoms with Crippen LogP contribution in [0.3, 0.4) is 0 Å². The Morgan fingerprint density at radius 3 is 1.64 bits per heavy atom. The predicted octanol–water partition coefficient (Wildman–Crippen LogP) is 8.01. The van der Waals surface area contributed by atoms with Crippen LogP contribution >= 0.6 is 0 Å². The van der Waals surface area contributed by atoms with E-state index < -0.39 is 33.9 Å². The summed E-state index contributed by atoms with van der Waals surface area (Å²) in [6.07, 6.45) is 0. The summed E-state index contributed by atoms with van der Waals surface area (Å²) in [4.78, 5) is 2.64. The van der Waals surface area contributed by atoms with Crippen molar-refractivity contribution in [1.29, 1.82) is 0 Å². The number of likely N-dealkylation sites (tertiary alicyclic amines) is 1. The molecule has 2 aromatic carbocycles. The third-order valence-corrected chi connectivity index (χ3v) is 14.0. The highest BCUT2D eigenvalue weighted by Crippen LogP contribution is 2.67. The molecule has 0 bridgehead atoms. The zero-order valence-corrected chi connectivity index (χ0v) is 31.1. The van der Waals surface area contributed by atoms with Gasteiger partial charge in [-0.25, -0.2) is 0 Å². The van der Waals surface area contributed by atoms with Crippen molar-refractivity contribution >= 4 is 0 Å². The van der Waals surface area contributed by atoms with Crippen LogP contribution in [0.1, 0.15) is 128 Å². The van der Waals surface area contributed by atoms with Gasteiger partial charge in [-0.1, -0.05) is 64.1 Å². The number of nitrogens with zero attached hydrogens (tertiary/aromatic N) is 1. The third kappa shape index (κ3) is 4.79. The quantitative estimate of drug-likeness (QED) is 0.277. The lowest BCUT2D eigenvalue weighted by molar-refractivity contribution is -0.158. The molecular formula is C39H62N2O4. The molecule has 2 aliphatic rings. The Kier molecular flexibility index (Phi) is 8.29. The van der Waals surface area contributed by atoms with Gasteiger partial charge in [-0.15, -0.1) is 0 Å². The minimum atomic E-state index is -1.45. The summed E-state index contributed by atoms with van der Waals surface area (Å²) in [6, 6.07) is 15.4. The third-order valence-electron chi connectivity index (χ3n) is 14.0. The summed E-state index contributed by atoms with van der Waals surface area (Å²) in [5.74, 6) is 1.28. The molecule has 2 aliphatic heterocycles. The average Bonchev–Trinajstić information content (AvgIpc) is 2.98. The highest BCUT2D eigenvalue weighted by atomic mass is 16.6. The number of hydrogen-bond donors (Lipinski definition) is 3. The molecule has 0 amide bonds. The molecule has 0 saturated carbocycles. The topological polar surface area (TPSA) is 74.2 Å². The van der Waals surface area contributed by atoms with Gasteiger partial charge in [0.2, 0.25) is 0 Å². The molecular weight excluding hydrogens is 560 g/mol. The molecule has 6 heteroatoms. The number of aliphatic hydroxyl groups excluding tert-OH is 1. The summed E-state index contributed by atoms with van der Waals surface area (Å²) < 4.78 is 13.0. The molecule has 252 valence electrons. The fraction of sp³-hybridized carbons (Fsp3) is 0.692. The number of benzene rings is 2. The van der Waals surface area contributed by atoms with E-state index in [1.807, 2.05) is 83.1 Å². The first-order valence-corrected chi connectivity index (χ1v) is 16.7. The first-order chi connectivity index (χ1) is 20.2. The van der Waals surface area contributed by atoms with E-state index in [-0.39, 0.29) is 28.5 Å². The van der Waals surface area contributed by atoms with Crippen LogP contribution in [-0.4, -0.2) is 55.1 Å². The Bertz CT molecular complexity index is 1380. The van der Waals surface area contributed by atoms with E-state index in [1.165, 1.54) is 0 Å². The SMILES string of the molecule is CC1(C)Oc2ccc([C@@](C)(O)[C@](C)(NC(CO)c3ccccc3)C(C)(C)N3C(C)(C)C(C)(C)C(C)(C)C3(C)C)cc2OC1(C)C. The molecule has 0 radical (unpaired) electrons. The van der Waals surface area contributed by atoms with Crippen LogP contribution in [0, 0.1) is 10.8 Å². The molecule has 0 spiro atoms. The van der Waals surface area contributed by atoms with Gasteiger partial charge < -0.3 is 19.7 Å². The average molecular weight is 623 g/mol. The van der Waals surface area contributed by atoms with Gasteiger partial charge in [0.25, 0.3) is 0 Å². The van der Waals surface area contributed by atoms with Crippen molar-refractivity contribution < 1.29 is 19.7 Å². The molecule has 1 saturated heterocycles. The molecule has 45 heavy (non-hydrogen) atoms. The zero-order valence-electron chi connectivity index (χ0n) is 31.1. The van der Waals surface area contributed by atoms with Crippen LogP contribution in [-0.2, 0) is 5.60 Å². The Morgan fingerprint density at radius 2 is 1.18 bits per heavy atom. The van der Waals surface area contributed by atoms with E-state index >= 15 is 0 Å². The summed E-state index contributed by atoms with van der Waals surface area (Å²) >= 11 is 0. The second-order valence-corrected chi connectivity index (χ2v) is 17.6. The van der Waals surface area contributed by atoms with Crippen LogP contribution in [0.2, 0.25) is 0 Å². The highest BCUT2D eigenvalue weighted by Gasteiger charge is 2.73. The Balaban J connectivity index is 1.97.